The number of pyridine rings is 1. The van der Waals surface area contributed by atoms with Gasteiger partial charge in [-0.3, -0.25) is 14.9 Å². The zero-order valence-electron chi connectivity index (χ0n) is 25.2. The second-order valence-electron chi connectivity index (χ2n) is 10.8. The summed E-state index contributed by atoms with van der Waals surface area (Å²) in [6, 6.07) is 13.0. The lowest BCUT2D eigenvalue weighted by Gasteiger charge is -2.23. The second kappa shape index (κ2) is 13.3. The number of halogens is 2. The van der Waals surface area contributed by atoms with Crippen molar-refractivity contribution in [2.75, 3.05) is 30.1 Å². The van der Waals surface area contributed by atoms with E-state index in [-0.39, 0.29) is 34.0 Å². The molecular weight excluding hydrogens is 601 g/mol. The van der Waals surface area contributed by atoms with Crippen LogP contribution in [0.25, 0.3) is 16.9 Å². The smallest absolute Gasteiger partial charge is 0.411 e. The van der Waals surface area contributed by atoms with Gasteiger partial charge in [0.15, 0.2) is 5.82 Å². The molecule has 4 aromatic rings. The van der Waals surface area contributed by atoms with E-state index in [1.165, 1.54) is 30.1 Å². The van der Waals surface area contributed by atoms with E-state index in [2.05, 4.69) is 26.4 Å². The molecule has 13 heteroatoms. The third-order valence-electron chi connectivity index (χ3n) is 7.79. The van der Waals surface area contributed by atoms with Crippen molar-refractivity contribution in [3.63, 3.8) is 0 Å². The van der Waals surface area contributed by atoms with Crippen LogP contribution in [0.1, 0.15) is 53.8 Å². The maximum Gasteiger partial charge on any atom is 0.411 e. The molecule has 3 amide bonds. The Morgan fingerprint density at radius 3 is 2.71 bits per heavy atom. The van der Waals surface area contributed by atoms with Crippen LogP contribution in [0, 0.1) is 18.7 Å². The number of nitrogens with zero attached hydrogens (tertiary/aromatic N) is 3. The number of methoxy groups -OCH3 is 1. The van der Waals surface area contributed by atoms with Crippen molar-refractivity contribution in [3.8, 4) is 16.9 Å². The van der Waals surface area contributed by atoms with E-state index >= 15 is 0 Å². The van der Waals surface area contributed by atoms with Crippen LogP contribution >= 0.6 is 11.6 Å². The quantitative estimate of drug-likeness (QED) is 0.197. The summed E-state index contributed by atoms with van der Waals surface area (Å²) in [4.78, 5) is 43.5. The van der Waals surface area contributed by atoms with Crippen LogP contribution < -0.4 is 21.3 Å². The molecule has 0 spiro atoms. The molecule has 3 heterocycles. The van der Waals surface area contributed by atoms with Crippen LogP contribution in [0.5, 0.6) is 0 Å². The van der Waals surface area contributed by atoms with Crippen molar-refractivity contribution >= 4 is 46.7 Å². The minimum atomic E-state index is -0.641. The average Bonchev–Trinajstić information content (AvgIpc) is 3.41. The van der Waals surface area contributed by atoms with Crippen molar-refractivity contribution < 1.29 is 23.5 Å². The Bertz CT molecular complexity index is 1780. The third kappa shape index (κ3) is 6.75. The van der Waals surface area contributed by atoms with E-state index in [0.29, 0.717) is 53.4 Å². The van der Waals surface area contributed by atoms with Crippen LogP contribution in [-0.4, -0.2) is 46.8 Å². The van der Waals surface area contributed by atoms with Gasteiger partial charge in [-0.2, -0.15) is 5.10 Å². The SMILES string of the molecule is CNc1cc2cc(n1)-c1ccc(NC(=O)OC)cc1NC(=O)C(C)CCCC2NC(=O)c1cnn(-c2cccc(Cl)c2F)c1C. The monoisotopic (exact) mass is 633 g/mol. The number of anilines is 3. The number of carbonyl (C=O) groups excluding carboxylic acids is 3. The maximum absolute atomic E-state index is 14.8. The van der Waals surface area contributed by atoms with E-state index in [1.807, 2.05) is 19.1 Å². The van der Waals surface area contributed by atoms with Crippen molar-refractivity contribution in [1.29, 1.82) is 0 Å². The fourth-order valence-electron chi connectivity index (χ4n) is 5.24. The number of amides is 3. The summed E-state index contributed by atoms with van der Waals surface area (Å²) >= 11 is 5.98. The molecular formula is C32H33ClFN7O4. The standard InChI is InChI=1S/C32H33ClFN7O4/c1-17-7-5-9-24(39-31(43)22-16-36-41(18(22)2)27-10-6-8-23(33)29(27)34)19-13-25(38-28(14-19)35-3)21-12-11-20(37-32(44)45-4)15-26(21)40-30(17)42/h6,8,10-17,24H,5,7,9H2,1-4H3,(H,35,38)(H,37,44)(H,39,43)(H,40,42). The minimum absolute atomic E-state index is 0.0455. The average molecular weight is 634 g/mol. The Balaban J connectivity index is 1.53. The third-order valence-corrected chi connectivity index (χ3v) is 8.08. The van der Waals surface area contributed by atoms with Crippen LogP contribution in [0.4, 0.5) is 26.4 Å². The highest BCUT2D eigenvalue weighted by Gasteiger charge is 2.25. The van der Waals surface area contributed by atoms with Crippen LogP contribution in [0.2, 0.25) is 5.02 Å². The van der Waals surface area contributed by atoms with Gasteiger partial charge in [-0.05, 0) is 67.8 Å². The Morgan fingerprint density at radius 2 is 1.96 bits per heavy atom. The van der Waals surface area contributed by atoms with Gasteiger partial charge in [0.25, 0.3) is 5.91 Å². The summed E-state index contributed by atoms with van der Waals surface area (Å²) < 4.78 is 20.8. The lowest BCUT2D eigenvalue weighted by atomic mass is 9.94. The summed E-state index contributed by atoms with van der Waals surface area (Å²) in [7, 11) is 3.01. The molecule has 0 saturated heterocycles. The van der Waals surface area contributed by atoms with E-state index in [4.69, 9.17) is 21.3 Å². The number of aromatic nitrogens is 3. The summed E-state index contributed by atoms with van der Waals surface area (Å²) in [5, 5.41) is 16.1. The predicted molar refractivity (Wildman–Crippen MR) is 170 cm³/mol. The highest BCUT2D eigenvalue weighted by atomic mass is 35.5. The lowest BCUT2D eigenvalue weighted by Crippen LogP contribution is -2.30. The molecule has 1 aliphatic heterocycles. The molecule has 0 fully saturated rings. The molecule has 0 saturated carbocycles. The molecule has 11 nitrogen and oxygen atoms in total. The molecule has 45 heavy (non-hydrogen) atoms. The Labute approximate surface area is 264 Å². The molecule has 5 rings (SSSR count). The van der Waals surface area contributed by atoms with Crippen LogP contribution in [0.15, 0.2) is 54.7 Å². The zero-order valence-corrected chi connectivity index (χ0v) is 26.0. The number of hydrogen-bond donors (Lipinski definition) is 4. The highest BCUT2D eigenvalue weighted by Crippen LogP contribution is 2.35. The fraction of sp³-hybridized carbons (Fsp3) is 0.281. The summed E-state index contributed by atoms with van der Waals surface area (Å²) in [5.41, 5.74) is 3.73. The number of rotatable bonds is 5. The molecule has 4 N–H and O–H groups in total. The maximum atomic E-state index is 14.8. The van der Waals surface area contributed by atoms with Gasteiger partial charge >= 0.3 is 6.09 Å². The predicted octanol–water partition coefficient (Wildman–Crippen LogP) is 6.48. The molecule has 1 aliphatic rings. The van der Waals surface area contributed by atoms with Gasteiger partial charge in [0.2, 0.25) is 5.91 Å². The lowest BCUT2D eigenvalue weighted by molar-refractivity contribution is -0.119. The van der Waals surface area contributed by atoms with Crippen molar-refractivity contribution in [2.45, 2.75) is 39.2 Å². The van der Waals surface area contributed by atoms with E-state index in [9.17, 15) is 18.8 Å². The zero-order chi connectivity index (χ0) is 32.2. The normalized spacial score (nSPS) is 16.4. The van der Waals surface area contributed by atoms with Gasteiger partial charge in [0, 0.05) is 24.2 Å². The van der Waals surface area contributed by atoms with Gasteiger partial charge in [-0.25, -0.2) is 18.9 Å². The molecule has 2 atom stereocenters. The van der Waals surface area contributed by atoms with Gasteiger partial charge < -0.3 is 20.7 Å². The van der Waals surface area contributed by atoms with E-state index in [1.54, 1.807) is 38.2 Å². The van der Waals surface area contributed by atoms with Gasteiger partial charge in [0.05, 0.1) is 47.0 Å². The van der Waals surface area contributed by atoms with Crippen molar-refractivity contribution in [1.82, 2.24) is 20.1 Å². The number of hydrogen-bond acceptors (Lipinski definition) is 7. The first-order valence-electron chi connectivity index (χ1n) is 14.4. The number of benzene rings is 2. The van der Waals surface area contributed by atoms with Crippen molar-refractivity contribution in [3.05, 3.63) is 82.4 Å². The topological polar surface area (TPSA) is 139 Å². The van der Waals surface area contributed by atoms with E-state index in [0.717, 1.165) is 5.56 Å². The largest absolute Gasteiger partial charge is 0.453 e. The number of nitrogens with one attached hydrogen (secondary N) is 4. The molecule has 2 unspecified atom stereocenters. The molecule has 0 radical (unpaired) electrons. The summed E-state index contributed by atoms with van der Waals surface area (Å²) in [5.74, 6) is -0.979. The Morgan fingerprint density at radius 1 is 1.16 bits per heavy atom. The molecule has 234 valence electrons. The molecule has 2 bridgehead atoms. The summed E-state index contributed by atoms with van der Waals surface area (Å²) in [6.07, 6.45) is 2.50. The van der Waals surface area contributed by atoms with Gasteiger partial charge in [0.1, 0.15) is 11.5 Å². The minimum Gasteiger partial charge on any atom is -0.453 e. The first-order valence-corrected chi connectivity index (χ1v) is 14.8. The summed E-state index contributed by atoms with van der Waals surface area (Å²) in [6.45, 7) is 3.53. The Kier molecular flexibility index (Phi) is 9.33. The first kappa shape index (κ1) is 31.5. The van der Waals surface area contributed by atoms with E-state index < -0.39 is 18.0 Å². The van der Waals surface area contributed by atoms with Crippen LogP contribution in [-0.2, 0) is 9.53 Å². The number of fused-ring (bicyclic) bond motifs is 4. The molecule has 0 aliphatic carbocycles. The number of carbonyl (C=O) groups is 3. The van der Waals surface area contributed by atoms with Gasteiger partial charge in [-0.15, -0.1) is 0 Å². The Hall–Kier alpha value is -4.97. The van der Waals surface area contributed by atoms with Crippen molar-refractivity contribution in [2.24, 2.45) is 5.92 Å². The van der Waals surface area contributed by atoms with Crippen LogP contribution in [0.3, 0.4) is 0 Å². The highest BCUT2D eigenvalue weighted by molar-refractivity contribution is 6.30. The molecule has 2 aromatic carbocycles. The second-order valence-corrected chi connectivity index (χ2v) is 11.2. The molecule has 2 aromatic heterocycles. The number of ether oxygens (including phenoxy) is 1. The fourth-order valence-corrected chi connectivity index (χ4v) is 5.41. The first-order chi connectivity index (χ1) is 21.6. The van der Waals surface area contributed by atoms with Gasteiger partial charge in [-0.1, -0.05) is 31.0 Å².